The molecule has 0 nitrogen and oxygen atoms in total. The molecule has 0 N–H and O–H groups in total. The van der Waals surface area contributed by atoms with Crippen LogP contribution in [0.5, 0.6) is 0 Å². The van der Waals surface area contributed by atoms with Crippen molar-refractivity contribution >= 4 is 22.9 Å². The molecule has 1 unspecified atom stereocenters. The largest absolute Gasteiger partial charge is 0.147 e. The molecule has 1 heterocycles. The van der Waals surface area contributed by atoms with Gasteiger partial charge in [-0.25, -0.2) is 0 Å². The molecule has 1 atom stereocenters. The van der Waals surface area contributed by atoms with Gasteiger partial charge in [-0.3, -0.25) is 0 Å². The van der Waals surface area contributed by atoms with E-state index in [-0.39, 0.29) is 5.38 Å². The molecule has 0 spiro atoms. The van der Waals surface area contributed by atoms with E-state index in [0.717, 1.165) is 0 Å². The van der Waals surface area contributed by atoms with Crippen molar-refractivity contribution in [3.05, 3.63) is 56.8 Å². The Hall–Kier alpha value is -0.790. The normalized spacial score (nSPS) is 13.2. The molecule has 0 saturated carbocycles. The van der Waals surface area contributed by atoms with Gasteiger partial charge in [0, 0.05) is 4.88 Å². The first-order valence-corrected chi connectivity index (χ1v) is 8.55. The van der Waals surface area contributed by atoms with Gasteiger partial charge >= 0.3 is 0 Å². The van der Waals surface area contributed by atoms with Crippen LogP contribution in [0.25, 0.3) is 0 Å². The van der Waals surface area contributed by atoms with E-state index in [1.165, 1.54) is 27.1 Å². The van der Waals surface area contributed by atoms with Crippen molar-refractivity contribution in [1.82, 2.24) is 0 Å². The number of aryl methyl sites for hydroxylation is 1. The summed E-state index contributed by atoms with van der Waals surface area (Å²) >= 11 is 8.52. The lowest BCUT2D eigenvalue weighted by molar-refractivity contribution is 0.819. The zero-order chi connectivity index (χ0) is 14.9. The van der Waals surface area contributed by atoms with Crippen LogP contribution in [0.1, 0.15) is 72.0 Å². The average molecular weight is 307 g/mol. The van der Waals surface area contributed by atoms with Crippen molar-refractivity contribution in [2.45, 2.75) is 51.8 Å². The number of thiophene rings is 1. The summed E-state index contributed by atoms with van der Waals surface area (Å²) in [6, 6.07) is 8.93. The smallest absolute Gasteiger partial charge is 0.0933 e. The number of benzene rings is 1. The van der Waals surface area contributed by atoms with Gasteiger partial charge in [-0.05, 0) is 52.5 Å². The van der Waals surface area contributed by atoms with Crippen LogP contribution in [0.15, 0.2) is 29.6 Å². The minimum absolute atomic E-state index is 0.0337. The molecule has 1 aromatic heterocycles. The predicted octanol–water partition coefficient (Wildman–Crippen LogP) is 6.63. The van der Waals surface area contributed by atoms with Crippen LogP contribution in [0.4, 0.5) is 0 Å². The average Bonchev–Trinajstić information content (AvgIpc) is 2.83. The number of hydrogen-bond donors (Lipinski definition) is 0. The second kappa shape index (κ2) is 6.32. The Labute approximate surface area is 131 Å². The monoisotopic (exact) mass is 306 g/mol. The van der Waals surface area contributed by atoms with Crippen molar-refractivity contribution in [2.75, 3.05) is 0 Å². The summed E-state index contributed by atoms with van der Waals surface area (Å²) in [5.41, 5.74) is 5.32. The van der Waals surface area contributed by atoms with Crippen molar-refractivity contribution < 1.29 is 0 Å². The molecule has 2 aromatic rings. The molecule has 0 bridgehead atoms. The Morgan fingerprint density at radius 3 is 2.15 bits per heavy atom. The predicted molar refractivity (Wildman–Crippen MR) is 91.4 cm³/mol. The van der Waals surface area contributed by atoms with Crippen LogP contribution in [0.3, 0.4) is 0 Å². The van der Waals surface area contributed by atoms with E-state index in [0.29, 0.717) is 11.8 Å². The lowest BCUT2D eigenvalue weighted by Crippen LogP contribution is -2.02. The number of halogens is 1. The molecular weight excluding hydrogens is 284 g/mol. The van der Waals surface area contributed by atoms with E-state index in [1.54, 1.807) is 11.3 Å². The highest BCUT2D eigenvalue weighted by Gasteiger charge is 2.20. The summed E-state index contributed by atoms with van der Waals surface area (Å²) in [5.74, 6) is 1.05. The summed E-state index contributed by atoms with van der Waals surface area (Å²) in [4.78, 5) is 1.27. The molecule has 1 aromatic carbocycles. The van der Waals surface area contributed by atoms with Gasteiger partial charge in [0.15, 0.2) is 0 Å². The van der Waals surface area contributed by atoms with Crippen LogP contribution in [-0.2, 0) is 0 Å². The Morgan fingerprint density at radius 2 is 1.65 bits per heavy atom. The molecule has 0 radical (unpaired) electrons. The molecule has 0 saturated heterocycles. The number of alkyl halides is 1. The van der Waals surface area contributed by atoms with E-state index in [4.69, 9.17) is 11.6 Å². The topological polar surface area (TPSA) is 0 Å². The van der Waals surface area contributed by atoms with Crippen LogP contribution < -0.4 is 0 Å². The molecule has 108 valence electrons. The molecular formula is C18H23ClS. The van der Waals surface area contributed by atoms with Crippen LogP contribution in [0, 0.1) is 6.92 Å². The lowest BCUT2D eigenvalue weighted by atomic mass is 9.89. The standard InChI is InChI=1S/C18H23ClS/c1-11(2)14-6-7-15(16(10-14)12(3)4)17(19)18-13(5)8-9-20-18/h6-12,17H,1-5H3. The third-order valence-corrected chi connectivity index (χ3v) is 5.47. The summed E-state index contributed by atoms with van der Waals surface area (Å²) in [6.45, 7) is 11.1. The van der Waals surface area contributed by atoms with Crippen LogP contribution in [-0.4, -0.2) is 0 Å². The number of hydrogen-bond acceptors (Lipinski definition) is 1. The fraction of sp³-hybridized carbons (Fsp3) is 0.444. The zero-order valence-corrected chi connectivity index (χ0v) is 14.5. The van der Waals surface area contributed by atoms with Gasteiger partial charge in [-0.2, -0.15) is 0 Å². The van der Waals surface area contributed by atoms with Gasteiger partial charge in [-0.15, -0.1) is 22.9 Å². The summed E-state index contributed by atoms with van der Waals surface area (Å²) in [6.07, 6.45) is 0. The minimum Gasteiger partial charge on any atom is -0.147 e. The van der Waals surface area contributed by atoms with E-state index in [1.807, 2.05) is 0 Å². The Balaban J connectivity index is 2.48. The molecule has 0 fully saturated rings. The highest BCUT2D eigenvalue weighted by molar-refractivity contribution is 7.10. The molecule has 20 heavy (non-hydrogen) atoms. The quantitative estimate of drug-likeness (QED) is 0.556. The van der Waals surface area contributed by atoms with Crippen LogP contribution in [0.2, 0.25) is 0 Å². The maximum Gasteiger partial charge on any atom is 0.0933 e. The maximum absolute atomic E-state index is 6.77. The molecule has 0 aliphatic rings. The van der Waals surface area contributed by atoms with E-state index < -0.39 is 0 Å². The van der Waals surface area contributed by atoms with Crippen molar-refractivity contribution in [2.24, 2.45) is 0 Å². The van der Waals surface area contributed by atoms with Gasteiger partial charge in [0.1, 0.15) is 0 Å². The third kappa shape index (κ3) is 3.10. The number of rotatable bonds is 4. The molecule has 0 amide bonds. The highest BCUT2D eigenvalue weighted by Crippen LogP contribution is 2.39. The SMILES string of the molecule is Cc1ccsc1C(Cl)c1ccc(C(C)C)cc1C(C)C. The lowest BCUT2D eigenvalue weighted by Gasteiger charge is -2.19. The fourth-order valence-electron chi connectivity index (χ4n) is 2.47. The third-order valence-electron chi connectivity index (χ3n) is 3.80. The highest BCUT2D eigenvalue weighted by atomic mass is 35.5. The second-order valence-corrected chi connectivity index (χ2v) is 7.41. The summed E-state index contributed by atoms with van der Waals surface area (Å²) in [5, 5.41) is 2.09. The summed E-state index contributed by atoms with van der Waals surface area (Å²) < 4.78 is 0. The van der Waals surface area contributed by atoms with Gasteiger partial charge in [0.2, 0.25) is 0 Å². The van der Waals surface area contributed by atoms with E-state index >= 15 is 0 Å². The molecule has 2 heteroatoms. The van der Waals surface area contributed by atoms with E-state index in [2.05, 4.69) is 64.3 Å². The summed E-state index contributed by atoms with van der Waals surface area (Å²) in [7, 11) is 0. The Kier molecular flexibility index (Phi) is 4.93. The fourth-order valence-corrected chi connectivity index (χ4v) is 3.91. The maximum atomic E-state index is 6.77. The molecule has 0 aliphatic heterocycles. The van der Waals surface area contributed by atoms with Crippen molar-refractivity contribution in [3.63, 3.8) is 0 Å². The molecule has 2 rings (SSSR count). The van der Waals surface area contributed by atoms with E-state index in [9.17, 15) is 0 Å². The zero-order valence-electron chi connectivity index (χ0n) is 12.9. The first-order valence-electron chi connectivity index (χ1n) is 7.23. The Bertz CT molecular complexity index is 581. The first-order chi connectivity index (χ1) is 9.41. The van der Waals surface area contributed by atoms with Crippen LogP contribution >= 0.6 is 22.9 Å². The Morgan fingerprint density at radius 1 is 0.950 bits per heavy atom. The van der Waals surface area contributed by atoms with Crippen molar-refractivity contribution in [1.29, 1.82) is 0 Å². The van der Waals surface area contributed by atoms with Gasteiger partial charge in [0.05, 0.1) is 5.38 Å². The van der Waals surface area contributed by atoms with Gasteiger partial charge in [-0.1, -0.05) is 45.9 Å². The van der Waals surface area contributed by atoms with Gasteiger partial charge in [0.25, 0.3) is 0 Å². The van der Waals surface area contributed by atoms with Crippen molar-refractivity contribution in [3.8, 4) is 0 Å². The first kappa shape index (κ1) is 15.6. The molecule has 0 aliphatic carbocycles. The van der Waals surface area contributed by atoms with Gasteiger partial charge < -0.3 is 0 Å². The second-order valence-electron chi connectivity index (χ2n) is 6.03. The minimum atomic E-state index is -0.0337.